The van der Waals surface area contributed by atoms with Gasteiger partial charge in [0.25, 0.3) is 15.9 Å². The van der Waals surface area contributed by atoms with Crippen LogP contribution in [0.25, 0.3) is 0 Å². The molecule has 3 heterocycles. The van der Waals surface area contributed by atoms with Gasteiger partial charge in [-0.2, -0.15) is 8.42 Å². The third-order valence-corrected chi connectivity index (χ3v) is 7.64. The third kappa shape index (κ3) is 4.30. The highest BCUT2D eigenvalue weighted by Crippen LogP contribution is 2.38. The summed E-state index contributed by atoms with van der Waals surface area (Å²) in [4.78, 5) is 28.8. The van der Waals surface area contributed by atoms with Crippen molar-refractivity contribution < 1.29 is 22.7 Å². The number of benzene rings is 1. The van der Waals surface area contributed by atoms with Crippen molar-refractivity contribution in [3.05, 3.63) is 22.7 Å². The lowest BCUT2D eigenvalue weighted by Gasteiger charge is -2.33. The van der Waals surface area contributed by atoms with Gasteiger partial charge in [0, 0.05) is 26.1 Å². The number of hydrogen-bond donors (Lipinski definition) is 0. The van der Waals surface area contributed by atoms with E-state index in [1.54, 1.807) is 17.9 Å². The van der Waals surface area contributed by atoms with Crippen molar-refractivity contribution in [3.8, 4) is 0 Å². The second kappa shape index (κ2) is 8.78. The molecule has 0 spiro atoms. The van der Waals surface area contributed by atoms with E-state index in [2.05, 4.69) is 4.40 Å². The van der Waals surface area contributed by atoms with Gasteiger partial charge in [-0.25, -0.2) is 0 Å². The summed E-state index contributed by atoms with van der Waals surface area (Å²) in [6, 6.07) is 2.91. The molecule has 0 aromatic heterocycles. The van der Waals surface area contributed by atoms with Gasteiger partial charge in [-0.3, -0.25) is 9.59 Å². The number of esters is 1. The molecule has 1 aromatic carbocycles. The quantitative estimate of drug-likeness (QED) is 0.633. The minimum Gasteiger partial charge on any atom is -0.466 e. The molecule has 1 amide bonds. The van der Waals surface area contributed by atoms with E-state index in [-0.39, 0.29) is 46.4 Å². The number of piperidine rings is 1. The monoisotopic (exact) mass is 467 g/mol. The van der Waals surface area contributed by atoms with Crippen LogP contribution in [0.2, 0.25) is 5.02 Å². The highest BCUT2D eigenvalue weighted by Gasteiger charge is 2.35. The largest absolute Gasteiger partial charge is 0.466 e. The van der Waals surface area contributed by atoms with Crippen LogP contribution < -0.4 is 4.90 Å². The number of anilines is 1. The maximum Gasteiger partial charge on any atom is 0.310 e. The smallest absolute Gasteiger partial charge is 0.310 e. The van der Waals surface area contributed by atoms with Crippen molar-refractivity contribution in [1.29, 1.82) is 0 Å². The summed E-state index contributed by atoms with van der Waals surface area (Å²) in [5.74, 6) is -0.555. The molecule has 2 fully saturated rings. The maximum atomic E-state index is 13.2. The highest BCUT2D eigenvalue weighted by atomic mass is 35.5. The van der Waals surface area contributed by atoms with Crippen LogP contribution in [0.5, 0.6) is 0 Å². The van der Waals surface area contributed by atoms with E-state index in [1.807, 2.05) is 4.90 Å². The van der Waals surface area contributed by atoms with Crippen LogP contribution in [0.15, 0.2) is 21.4 Å². The molecule has 1 aromatic rings. The Morgan fingerprint density at radius 2 is 2.00 bits per heavy atom. The number of nitrogens with zero attached hydrogens (tertiary/aromatic N) is 3. The first-order chi connectivity index (χ1) is 14.8. The lowest BCUT2D eigenvalue weighted by molar-refractivity contribution is -0.149. The van der Waals surface area contributed by atoms with Crippen molar-refractivity contribution in [1.82, 2.24) is 4.90 Å². The number of fused-ring (bicyclic) bond motifs is 3. The molecule has 0 bridgehead atoms. The molecule has 31 heavy (non-hydrogen) atoms. The number of amides is 1. The molecule has 0 N–H and O–H groups in total. The molecule has 1 atom stereocenters. The van der Waals surface area contributed by atoms with E-state index < -0.39 is 10.0 Å². The Kier molecular flexibility index (Phi) is 6.25. The fourth-order valence-electron chi connectivity index (χ4n) is 4.44. The van der Waals surface area contributed by atoms with Crippen molar-refractivity contribution >= 4 is 45.0 Å². The third-order valence-electron chi connectivity index (χ3n) is 6.00. The van der Waals surface area contributed by atoms with Crippen molar-refractivity contribution in [2.24, 2.45) is 10.3 Å². The van der Waals surface area contributed by atoms with E-state index >= 15 is 0 Å². The number of halogens is 1. The maximum absolute atomic E-state index is 13.2. The predicted molar refractivity (Wildman–Crippen MR) is 117 cm³/mol. The van der Waals surface area contributed by atoms with Gasteiger partial charge in [0.1, 0.15) is 10.7 Å². The first-order valence-corrected chi connectivity index (χ1v) is 12.5. The molecule has 2 saturated heterocycles. The van der Waals surface area contributed by atoms with Gasteiger partial charge >= 0.3 is 5.97 Å². The number of likely N-dealkylation sites (tertiary alicyclic amines) is 1. The molecular formula is C21H26ClN3O5S. The molecule has 8 nitrogen and oxygen atoms in total. The zero-order chi connectivity index (χ0) is 22.2. The summed E-state index contributed by atoms with van der Waals surface area (Å²) in [5, 5.41) is 0.197. The zero-order valence-electron chi connectivity index (χ0n) is 17.5. The zero-order valence-corrected chi connectivity index (χ0v) is 19.0. The predicted octanol–water partition coefficient (Wildman–Crippen LogP) is 3.24. The van der Waals surface area contributed by atoms with Crippen molar-refractivity contribution in [2.45, 2.75) is 50.3 Å². The summed E-state index contributed by atoms with van der Waals surface area (Å²) in [6.07, 6.45) is 4.74. The van der Waals surface area contributed by atoms with Gasteiger partial charge in [0.15, 0.2) is 0 Å². The fourth-order valence-corrected chi connectivity index (χ4v) is 5.95. The number of carbonyl (C=O) groups excluding carboxylic acids is 2. The van der Waals surface area contributed by atoms with Gasteiger partial charge in [-0.1, -0.05) is 18.0 Å². The SMILES string of the molecule is CCOC(=O)[C@H]1CCCN(C(=O)c2cc3c(cc2Cl)N2CCCCCC2=NS3(=O)=O)C1. The summed E-state index contributed by atoms with van der Waals surface area (Å²) in [6.45, 7) is 3.40. The van der Waals surface area contributed by atoms with Crippen LogP contribution in [0.1, 0.15) is 55.8 Å². The highest BCUT2D eigenvalue weighted by molar-refractivity contribution is 7.90. The van der Waals surface area contributed by atoms with E-state index in [0.717, 1.165) is 19.3 Å². The number of amidine groups is 1. The molecule has 4 rings (SSSR count). The Labute approximate surface area is 187 Å². The van der Waals surface area contributed by atoms with E-state index in [9.17, 15) is 18.0 Å². The van der Waals surface area contributed by atoms with Crippen LogP contribution in [0, 0.1) is 5.92 Å². The van der Waals surface area contributed by atoms with E-state index in [0.29, 0.717) is 43.9 Å². The van der Waals surface area contributed by atoms with Crippen LogP contribution in [-0.2, 0) is 19.6 Å². The van der Waals surface area contributed by atoms with Gasteiger partial charge in [-0.05, 0) is 44.7 Å². The molecular weight excluding hydrogens is 442 g/mol. The first-order valence-electron chi connectivity index (χ1n) is 10.7. The Morgan fingerprint density at radius 1 is 1.19 bits per heavy atom. The second-order valence-electron chi connectivity index (χ2n) is 8.09. The molecule has 3 aliphatic heterocycles. The fraction of sp³-hybridized carbons (Fsp3) is 0.571. The summed E-state index contributed by atoms with van der Waals surface area (Å²) >= 11 is 6.49. The minimum absolute atomic E-state index is 0.00449. The standard InChI is InChI=1S/C21H26ClN3O5S/c1-2-30-21(27)14-7-6-9-24(13-14)20(26)15-11-18-17(12-16(15)22)25-10-5-3-4-8-19(25)23-31(18,28)29/h11-12,14H,2-10,13H2,1H3/t14-/m0/s1. The second-order valence-corrected chi connectivity index (χ2v) is 10.1. The van der Waals surface area contributed by atoms with Crippen molar-refractivity contribution in [3.63, 3.8) is 0 Å². The molecule has 0 radical (unpaired) electrons. The van der Waals surface area contributed by atoms with Gasteiger partial charge in [0.05, 0.1) is 28.8 Å². The Morgan fingerprint density at radius 3 is 2.77 bits per heavy atom. The molecule has 0 aliphatic carbocycles. The van der Waals surface area contributed by atoms with Gasteiger partial charge < -0.3 is 14.5 Å². The number of sulfonamides is 1. The molecule has 3 aliphatic rings. The molecule has 0 saturated carbocycles. The summed E-state index contributed by atoms with van der Waals surface area (Å²) in [7, 11) is -3.92. The number of rotatable bonds is 3. The van der Waals surface area contributed by atoms with Crippen molar-refractivity contribution in [2.75, 3.05) is 31.1 Å². The minimum atomic E-state index is -3.92. The Hall–Kier alpha value is -2.13. The average Bonchev–Trinajstić information content (AvgIpc) is 2.98. The average molecular weight is 468 g/mol. The summed E-state index contributed by atoms with van der Waals surface area (Å²) < 4.78 is 34.9. The molecule has 168 valence electrons. The lowest BCUT2D eigenvalue weighted by atomic mass is 9.97. The topological polar surface area (TPSA) is 96.3 Å². The number of hydrogen-bond acceptors (Lipinski definition) is 6. The normalized spacial score (nSPS) is 22.6. The van der Waals surface area contributed by atoms with E-state index in [4.69, 9.17) is 16.3 Å². The van der Waals surface area contributed by atoms with E-state index in [1.165, 1.54) is 6.07 Å². The Balaban J connectivity index is 1.66. The Bertz CT molecular complexity index is 1040. The van der Waals surface area contributed by atoms with Crippen LogP contribution in [-0.4, -0.2) is 57.3 Å². The van der Waals surface area contributed by atoms with Crippen LogP contribution in [0.4, 0.5) is 5.69 Å². The molecule has 0 unspecified atom stereocenters. The van der Waals surface area contributed by atoms with Gasteiger partial charge in [-0.15, -0.1) is 4.40 Å². The van der Waals surface area contributed by atoms with Crippen LogP contribution in [0.3, 0.4) is 0 Å². The number of carbonyl (C=O) groups is 2. The number of ether oxygens (including phenoxy) is 1. The molecule has 10 heteroatoms. The first kappa shape index (κ1) is 22.1. The lowest BCUT2D eigenvalue weighted by Crippen LogP contribution is -2.43. The van der Waals surface area contributed by atoms with Gasteiger partial charge in [0.2, 0.25) is 0 Å². The van der Waals surface area contributed by atoms with Crippen LogP contribution >= 0.6 is 11.6 Å². The summed E-state index contributed by atoms with van der Waals surface area (Å²) in [5.41, 5.74) is 0.596.